The molecule has 1 fully saturated rings. The minimum atomic E-state index is -4.28. The van der Waals surface area contributed by atoms with Crippen LogP contribution >= 0.6 is 7.82 Å². The minimum Gasteiger partial charge on any atom is -0.382 e. The number of fused-ring (bicyclic) bond motifs is 1. The quantitative estimate of drug-likeness (QED) is 0.101. The lowest BCUT2D eigenvalue weighted by atomic mass is 9.98. The standard InChI is InChI=1S/C30H50N5O6P/c1-2-3-4-5-6-7-8-9-10-11-12-13-14-15-20-38-21-22-39-42(36,37)40-23-26-18-19-30(24-31,41-26)28-17-16-27-29(32)33-25-34-35(27)28/h16-17,25-26H,2-15,18-23H2,1H3,(H,36,37)(H2,32,33,34)/t26-,30-/m0/s1. The molecular formula is C30H50N5O6P. The van der Waals surface area contributed by atoms with E-state index in [1.165, 1.54) is 87.9 Å². The normalized spacial score (nSPS) is 20.2. The molecule has 236 valence electrons. The van der Waals surface area contributed by atoms with Gasteiger partial charge < -0.3 is 20.1 Å². The molecule has 1 saturated heterocycles. The largest absolute Gasteiger partial charge is 0.472 e. The number of unbranched alkanes of at least 4 members (excludes halogenated alkanes) is 13. The van der Waals surface area contributed by atoms with Crippen molar-refractivity contribution in [3.8, 4) is 6.07 Å². The summed E-state index contributed by atoms with van der Waals surface area (Å²) in [7, 11) is -4.28. The Morgan fingerprint density at radius 3 is 2.31 bits per heavy atom. The molecule has 2 aromatic rings. The SMILES string of the molecule is CCCCCCCCCCCCCCCCOCCOP(=O)(O)OC[C@@H]1CC[C@](C#N)(c2ccc3c(N)ncnn23)O1. The van der Waals surface area contributed by atoms with Crippen molar-refractivity contribution in [1.29, 1.82) is 5.26 Å². The van der Waals surface area contributed by atoms with E-state index in [1.54, 1.807) is 12.1 Å². The smallest absolute Gasteiger partial charge is 0.382 e. The van der Waals surface area contributed by atoms with E-state index >= 15 is 0 Å². The first-order chi connectivity index (χ1) is 20.4. The number of phosphoric ester groups is 1. The maximum absolute atomic E-state index is 12.3. The van der Waals surface area contributed by atoms with Crippen LogP contribution in [0, 0.1) is 11.3 Å². The van der Waals surface area contributed by atoms with Gasteiger partial charge in [-0.05, 0) is 31.4 Å². The highest BCUT2D eigenvalue weighted by molar-refractivity contribution is 7.47. The molecule has 12 heteroatoms. The van der Waals surface area contributed by atoms with E-state index in [-0.39, 0.29) is 19.8 Å². The second kappa shape index (κ2) is 18.6. The first-order valence-corrected chi connectivity index (χ1v) is 17.3. The third kappa shape index (κ3) is 11.2. The van der Waals surface area contributed by atoms with Gasteiger partial charge in [0.15, 0.2) is 11.4 Å². The Morgan fingerprint density at radius 2 is 1.67 bits per heavy atom. The molecule has 11 nitrogen and oxygen atoms in total. The number of nitrogen functional groups attached to an aromatic ring is 1. The van der Waals surface area contributed by atoms with Crippen molar-refractivity contribution < 1.29 is 28.0 Å². The summed E-state index contributed by atoms with van der Waals surface area (Å²) in [4.78, 5) is 14.0. The summed E-state index contributed by atoms with van der Waals surface area (Å²) < 4.78 is 35.6. The summed E-state index contributed by atoms with van der Waals surface area (Å²) in [6.07, 6.45) is 19.9. The molecule has 0 radical (unpaired) electrons. The summed E-state index contributed by atoms with van der Waals surface area (Å²) in [5.74, 6) is 0.296. The number of nitrogens with two attached hydrogens (primary N) is 1. The fourth-order valence-corrected chi connectivity index (χ4v) is 6.13. The van der Waals surface area contributed by atoms with Gasteiger partial charge in [-0.2, -0.15) is 10.4 Å². The lowest BCUT2D eigenvalue weighted by molar-refractivity contribution is -0.0342. The number of rotatable bonds is 23. The number of hydrogen-bond acceptors (Lipinski definition) is 9. The maximum atomic E-state index is 12.3. The molecule has 0 amide bonds. The zero-order valence-electron chi connectivity index (χ0n) is 25.3. The first-order valence-electron chi connectivity index (χ1n) is 15.8. The summed E-state index contributed by atoms with van der Waals surface area (Å²) in [5.41, 5.74) is 5.73. The lowest BCUT2D eigenvalue weighted by Gasteiger charge is -2.22. The zero-order chi connectivity index (χ0) is 30.1. The molecule has 0 bridgehead atoms. The van der Waals surface area contributed by atoms with Crippen molar-refractivity contribution in [3.05, 3.63) is 24.2 Å². The van der Waals surface area contributed by atoms with Crippen molar-refractivity contribution in [2.75, 3.05) is 32.2 Å². The number of nitriles is 1. The fourth-order valence-electron chi connectivity index (χ4n) is 5.40. The number of nitrogens with zero attached hydrogens (tertiary/aromatic N) is 4. The molecule has 0 saturated carbocycles. The van der Waals surface area contributed by atoms with Crippen LogP contribution in [0.5, 0.6) is 0 Å². The predicted octanol–water partition coefficient (Wildman–Crippen LogP) is 6.84. The molecule has 1 aliphatic heterocycles. The predicted molar refractivity (Wildman–Crippen MR) is 162 cm³/mol. The topological polar surface area (TPSA) is 154 Å². The van der Waals surface area contributed by atoms with Gasteiger partial charge in [-0.15, -0.1) is 0 Å². The summed E-state index contributed by atoms with van der Waals surface area (Å²) >= 11 is 0. The molecular weight excluding hydrogens is 557 g/mol. The van der Waals surface area contributed by atoms with Gasteiger partial charge >= 0.3 is 7.82 Å². The van der Waals surface area contributed by atoms with Gasteiger partial charge in [0.2, 0.25) is 0 Å². The molecule has 1 aliphatic rings. The van der Waals surface area contributed by atoms with Crippen LogP contribution in [0.15, 0.2) is 18.5 Å². The molecule has 1 unspecified atom stereocenters. The van der Waals surface area contributed by atoms with Crippen LogP contribution in [-0.2, 0) is 28.7 Å². The molecule has 3 heterocycles. The molecule has 3 N–H and O–H groups in total. The Bertz CT molecular complexity index is 1140. The van der Waals surface area contributed by atoms with E-state index in [4.69, 9.17) is 24.3 Å². The van der Waals surface area contributed by atoms with Crippen molar-refractivity contribution in [2.45, 2.75) is 121 Å². The third-order valence-corrected chi connectivity index (χ3v) is 8.79. The van der Waals surface area contributed by atoms with Gasteiger partial charge in [0.25, 0.3) is 0 Å². The Balaban J connectivity index is 1.19. The van der Waals surface area contributed by atoms with Crippen LogP contribution in [0.4, 0.5) is 5.82 Å². The van der Waals surface area contributed by atoms with Crippen LogP contribution in [0.2, 0.25) is 0 Å². The number of aromatic nitrogens is 3. The van der Waals surface area contributed by atoms with E-state index in [1.807, 2.05) is 0 Å². The van der Waals surface area contributed by atoms with Gasteiger partial charge in [-0.3, -0.25) is 9.05 Å². The third-order valence-electron chi connectivity index (χ3n) is 7.81. The van der Waals surface area contributed by atoms with Gasteiger partial charge in [0.05, 0.1) is 31.6 Å². The Morgan fingerprint density at radius 1 is 1.02 bits per heavy atom. The summed E-state index contributed by atoms with van der Waals surface area (Å²) in [6, 6.07) is 5.69. The van der Waals surface area contributed by atoms with Crippen LogP contribution in [-0.4, -0.2) is 52.0 Å². The van der Waals surface area contributed by atoms with Gasteiger partial charge in [-0.25, -0.2) is 14.1 Å². The molecule has 0 aromatic carbocycles. The van der Waals surface area contributed by atoms with Crippen LogP contribution < -0.4 is 5.73 Å². The monoisotopic (exact) mass is 607 g/mol. The summed E-state index contributed by atoms with van der Waals surface area (Å²) in [6.45, 7) is 2.86. The Hall–Kier alpha value is -2.06. The fraction of sp³-hybridized carbons (Fsp3) is 0.767. The molecule has 0 aliphatic carbocycles. The first kappa shape index (κ1) is 34.4. The van der Waals surface area contributed by atoms with E-state index in [2.05, 4.69) is 23.1 Å². The second-order valence-electron chi connectivity index (χ2n) is 11.2. The van der Waals surface area contributed by atoms with E-state index in [0.29, 0.717) is 36.5 Å². The molecule has 0 spiro atoms. The van der Waals surface area contributed by atoms with E-state index in [9.17, 15) is 14.7 Å². The zero-order valence-corrected chi connectivity index (χ0v) is 26.1. The van der Waals surface area contributed by atoms with Crippen LogP contribution in [0.3, 0.4) is 0 Å². The highest BCUT2D eigenvalue weighted by Gasteiger charge is 2.45. The van der Waals surface area contributed by atoms with Crippen molar-refractivity contribution >= 4 is 19.2 Å². The minimum absolute atomic E-state index is 0.0443. The average molecular weight is 608 g/mol. The van der Waals surface area contributed by atoms with E-state index < -0.39 is 19.5 Å². The molecule has 2 aromatic heterocycles. The Labute approximate surface area is 250 Å². The number of anilines is 1. The van der Waals surface area contributed by atoms with Crippen molar-refractivity contribution in [1.82, 2.24) is 14.6 Å². The maximum Gasteiger partial charge on any atom is 0.472 e. The number of ether oxygens (including phenoxy) is 2. The number of hydrogen-bond donors (Lipinski definition) is 2. The van der Waals surface area contributed by atoms with Gasteiger partial charge in [0, 0.05) is 6.61 Å². The molecule has 42 heavy (non-hydrogen) atoms. The Kier molecular flexibility index (Phi) is 15.2. The highest BCUT2D eigenvalue weighted by atomic mass is 31.2. The van der Waals surface area contributed by atoms with Gasteiger partial charge in [-0.1, -0.05) is 90.4 Å². The second-order valence-corrected chi connectivity index (χ2v) is 12.6. The molecule has 3 atom stereocenters. The van der Waals surface area contributed by atoms with Crippen molar-refractivity contribution in [3.63, 3.8) is 0 Å². The van der Waals surface area contributed by atoms with Crippen LogP contribution in [0.25, 0.3) is 5.52 Å². The van der Waals surface area contributed by atoms with E-state index in [0.717, 1.165) is 12.8 Å². The summed E-state index contributed by atoms with van der Waals surface area (Å²) in [5, 5.41) is 14.1. The lowest BCUT2D eigenvalue weighted by Crippen LogP contribution is -2.28. The highest BCUT2D eigenvalue weighted by Crippen LogP contribution is 2.45. The van der Waals surface area contributed by atoms with Crippen LogP contribution in [0.1, 0.15) is 115 Å². The average Bonchev–Trinajstić information content (AvgIpc) is 3.62. The van der Waals surface area contributed by atoms with Gasteiger partial charge in [0.1, 0.15) is 17.9 Å². The van der Waals surface area contributed by atoms with Crippen molar-refractivity contribution in [2.24, 2.45) is 0 Å². The molecule has 3 rings (SSSR count). The number of phosphoric acid groups is 1.